The summed E-state index contributed by atoms with van der Waals surface area (Å²) in [5.74, 6) is 0. The molecule has 0 amide bonds. The molecular formula is C6H10N2. The zero-order chi connectivity index (χ0) is 5.98. The normalized spacial score (nSPS) is 18.6. The van der Waals surface area contributed by atoms with Gasteiger partial charge in [0.15, 0.2) is 0 Å². The van der Waals surface area contributed by atoms with Crippen molar-refractivity contribution in [2.75, 3.05) is 6.54 Å². The van der Waals surface area contributed by atoms with Gasteiger partial charge in [0.25, 0.3) is 0 Å². The topological polar surface area (TPSA) is 38.0 Å². The van der Waals surface area contributed by atoms with Crippen LogP contribution in [-0.4, -0.2) is 6.54 Å². The van der Waals surface area contributed by atoms with E-state index in [9.17, 15) is 0 Å². The third-order valence-corrected chi connectivity index (χ3v) is 1.12. The molecule has 3 N–H and O–H groups in total. The maximum atomic E-state index is 5.45. The second-order valence-corrected chi connectivity index (χ2v) is 1.94. The quantitative estimate of drug-likeness (QED) is 0.471. The van der Waals surface area contributed by atoms with Gasteiger partial charge in [0.1, 0.15) is 0 Å². The summed E-state index contributed by atoms with van der Waals surface area (Å²) in [5, 5.41) is 3.10. The number of dihydropyridines is 1. The molecule has 0 unspecified atom stereocenters. The molecule has 1 aliphatic rings. The molecule has 0 radical (unpaired) electrons. The van der Waals surface area contributed by atoms with Crippen LogP contribution in [0.4, 0.5) is 0 Å². The summed E-state index contributed by atoms with van der Waals surface area (Å²) in [4.78, 5) is 0. The number of allylic oxidation sites excluding steroid dienone is 3. The fourth-order valence-electron chi connectivity index (χ4n) is 0.591. The highest BCUT2D eigenvalue weighted by Gasteiger charge is 1.93. The van der Waals surface area contributed by atoms with Crippen LogP contribution in [-0.2, 0) is 0 Å². The maximum Gasteiger partial charge on any atom is 0.0542 e. The summed E-state index contributed by atoms with van der Waals surface area (Å²) in [5.41, 5.74) is 7.53. The van der Waals surface area contributed by atoms with Gasteiger partial charge in [-0.1, -0.05) is 0 Å². The summed E-state index contributed by atoms with van der Waals surface area (Å²) < 4.78 is 0. The largest absolute Gasteiger partial charge is 0.401 e. The van der Waals surface area contributed by atoms with E-state index in [-0.39, 0.29) is 0 Å². The fourth-order valence-corrected chi connectivity index (χ4v) is 0.591. The van der Waals surface area contributed by atoms with E-state index in [1.54, 1.807) is 0 Å². The number of hydrogen-bond acceptors (Lipinski definition) is 2. The van der Waals surface area contributed by atoms with Crippen LogP contribution in [0.15, 0.2) is 23.5 Å². The van der Waals surface area contributed by atoms with E-state index in [1.165, 1.54) is 5.70 Å². The average Bonchev–Trinajstić information content (AvgIpc) is 1.77. The van der Waals surface area contributed by atoms with Crippen molar-refractivity contribution in [1.29, 1.82) is 0 Å². The zero-order valence-electron chi connectivity index (χ0n) is 4.94. The first-order valence-electron chi connectivity index (χ1n) is 2.66. The molecule has 0 fully saturated rings. The van der Waals surface area contributed by atoms with Gasteiger partial charge in [-0.15, -0.1) is 0 Å². The number of rotatable bonds is 0. The molecule has 0 saturated heterocycles. The Labute approximate surface area is 49.1 Å². The molecular weight excluding hydrogens is 100 g/mol. The molecule has 0 saturated carbocycles. The molecule has 0 bridgehead atoms. The first-order chi connectivity index (χ1) is 3.79. The minimum absolute atomic E-state index is 0.794. The first-order valence-corrected chi connectivity index (χ1v) is 2.66. The van der Waals surface area contributed by atoms with Crippen molar-refractivity contribution in [2.45, 2.75) is 6.92 Å². The number of nitrogens with one attached hydrogen (secondary N) is 1. The van der Waals surface area contributed by atoms with E-state index in [1.807, 2.05) is 19.1 Å². The smallest absolute Gasteiger partial charge is 0.0542 e. The molecule has 0 aromatic heterocycles. The van der Waals surface area contributed by atoms with Crippen molar-refractivity contribution >= 4 is 0 Å². The van der Waals surface area contributed by atoms with Crippen molar-refractivity contribution in [2.24, 2.45) is 5.73 Å². The molecule has 0 spiro atoms. The summed E-state index contributed by atoms with van der Waals surface area (Å²) in [6.45, 7) is 2.81. The Hall–Kier alpha value is -0.920. The van der Waals surface area contributed by atoms with Crippen molar-refractivity contribution < 1.29 is 0 Å². The second-order valence-electron chi connectivity index (χ2n) is 1.94. The molecule has 2 heteroatoms. The number of nitrogens with two attached hydrogens (primary N) is 1. The fraction of sp³-hybridized carbons (Fsp3) is 0.333. The van der Waals surface area contributed by atoms with Gasteiger partial charge < -0.3 is 11.1 Å². The molecule has 1 rings (SSSR count). The summed E-state index contributed by atoms with van der Waals surface area (Å²) in [6.07, 6.45) is 3.89. The molecule has 0 aromatic rings. The van der Waals surface area contributed by atoms with E-state index in [2.05, 4.69) is 5.32 Å². The highest BCUT2D eigenvalue weighted by Crippen LogP contribution is 1.96. The minimum Gasteiger partial charge on any atom is -0.401 e. The SMILES string of the molecule is CC1=CC=C(N)CN1. The lowest BCUT2D eigenvalue weighted by atomic mass is 10.3. The van der Waals surface area contributed by atoms with Gasteiger partial charge in [-0.05, 0) is 19.1 Å². The Bertz CT molecular complexity index is 127. The van der Waals surface area contributed by atoms with Gasteiger partial charge in [-0.3, -0.25) is 0 Å². The van der Waals surface area contributed by atoms with Crippen LogP contribution in [0.3, 0.4) is 0 Å². The van der Waals surface area contributed by atoms with E-state index < -0.39 is 0 Å². The molecule has 8 heavy (non-hydrogen) atoms. The lowest BCUT2D eigenvalue weighted by Gasteiger charge is -2.09. The average molecular weight is 110 g/mol. The molecule has 0 aliphatic carbocycles. The van der Waals surface area contributed by atoms with Crippen molar-refractivity contribution in [3.05, 3.63) is 23.5 Å². The molecule has 0 aromatic carbocycles. The van der Waals surface area contributed by atoms with E-state index in [4.69, 9.17) is 5.73 Å². The van der Waals surface area contributed by atoms with Crippen molar-refractivity contribution in [3.63, 3.8) is 0 Å². The number of hydrogen-bond donors (Lipinski definition) is 2. The summed E-state index contributed by atoms with van der Waals surface area (Å²) >= 11 is 0. The van der Waals surface area contributed by atoms with E-state index >= 15 is 0 Å². The van der Waals surface area contributed by atoms with Gasteiger partial charge in [0, 0.05) is 11.4 Å². The molecule has 2 nitrogen and oxygen atoms in total. The Morgan fingerprint density at radius 1 is 1.62 bits per heavy atom. The standard InChI is InChI=1S/C6H10N2/c1-5-2-3-6(7)4-8-5/h2-3,8H,4,7H2,1H3. The predicted molar refractivity (Wildman–Crippen MR) is 34.0 cm³/mol. The van der Waals surface area contributed by atoms with Gasteiger partial charge in [-0.25, -0.2) is 0 Å². The molecule has 44 valence electrons. The van der Waals surface area contributed by atoms with Crippen LogP contribution in [0.2, 0.25) is 0 Å². The Balaban J connectivity index is 2.65. The first kappa shape index (κ1) is 5.22. The van der Waals surface area contributed by atoms with Gasteiger partial charge in [0.2, 0.25) is 0 Å². The van der Waals surface area contributed by atoms with Crippen LogP contribution in [0.5, 0.6) is 0 Å². The van der Waals surface area contributed by atoms with Crippen molar-refractivity contribution in [3.8, 4) is 0 Å². The lowest BCUT2D eigenvalue weighted by molar-refractivity contribution is 0.845. The van der Waals surface area contributed by atoms with Crippen LogP contribution in [0.25, 0.3) is 0 Å². The van der Waals surface area contributed by atoms with Crippen LogP contribution in [0.1, 0.15) is 6.92 Å². The molecule has 1 heterocycles. The van der Waals surface area contributed by atoms with Crippen LogP contribution < -0.4 is 11.1 Å². The van der Waals surface area contributed by atoms with Crippen molar-refractivity contribution in [1.82, 2.24) is 5.32 Å². The van der Waals surface area contributed by atoms with Gasteiger partial charge in [-0.2, -0.15) is 0 Å². The molecule has 1 aliphatic heterocycles. The Morgan fingerprint density at radius 3 is 2.75 bits per heavy atom. The third-order valence-electron chi connectivity index (χ3n) is 1.12. The highest BCUT2D eigenvalue weighted by atomic mass is 14.9. The van der Waals surface area contributed by atoms with Gasteiger partial charge in [0.05, 0.1) is 6.54 Å². The Kier molecular flexibility index (Phi) is 1.24. The van der Waals surface area contributed by atoms with Crippen LogP contribution in [0, 0.1) is 0 Å². The second kappa shape index (κ2) is 1.90. The minimum atomic E-state index is 0.794. The zero-order valence-corrected chi connectivity index (χ0v) is 4.94. The van der Waals surface area contributed by atoms with E-state index in [0.717, 1.165) is 12.2 Å². The highest BCUT2D eigenvalue weighted by molar-refractivity contribution is 5.20. The third kappa shape index (κ3) is 1.03. The lowest BCUT2D eigenvalue weighted by Crippen LogP contribution is -2.21. The monoisotopic (exact) mass is 110 g/mol. The maximum absolute atomic E-state index is 5.45. The van der Waals surface area contributed by atoms with Crippen LogP contribution >= 0.6 is 0 Å². The summed E-state index contributed by atoms with van der Waals surface area (Å²) in [7, 11) is 0. The Morgan fingerprint density at radius 2 is 2.38 bits per heavy atom. The molecule has 0 atom stereocenters. The van der Waals surface area contributed by atoms with E-state index in [0.29, 0.717) is 0 Å². The van der Waals surface area contributed by atoms with Gasteiger partial charge >= 0.3 is 0 Å². The predicted octanol–water partition coefficient (Wildman–Crippen LogP) is 0.336. The summed E-state index contributed by atoms with van der Waals surface area (Å²) in [6, 6.07) is 0.